The molecule has 7 aliphatic rings. The third kappa shape index (κ3) is 8.96. The first-order valence-electron chi connectivity index (χ1n) is 23.7. The third-order valence-electron chi connectivity index (χ3n) is 17.7. The fourth-order valence-electron chi connectivity index (χ4n) is 14.2. The molecule has 0 amide bonds. The normalized spacial score (nSPS) is 51.2. The lowest BCUT2D eigenvalue weighted by molar-refractivity contribution is -0.365. The maximum atomic E-state index is 14.6. The summed E-state index contributed by atoms with van der Waals surface area (Å²) in [6.07, 6.45) is -12.8. The van der Waals surface area contributed by atoms with Crippen LogP contribution in [0.5, 0.6) is 0 Å². The maximum Gasteiger partial charge on any atom is 0.187 e. The highest BCUT2D eigenvalue weighted by Crippen LogP contribution is 2.76. The van der Waals surface area contributed by atoms with Gasteiger partial charge in [0.25, 0.3) is 0 Å². The molecule has 7 fully saturated rings. The van der Waals surface area contributed by atoms with Crippen molar-refractivity contribution in [3.05, 3.63) is 12.2 Å². The highest BCUT2D eigenvalue weighted by atomic mass is 16.8. The Hall–Kier alpha value is -1.27. The van der Waals surface area contributed by atoms with Gasteiger partial charge >= 0.3 is 0 Å². The molecule has 0 aromatic heterocycles. The van der Waals surface area contributed by atoms with E-state index in [0.29, 0.717) is 32.1 Å². The van der Waals surface area contributed by atoms with Gasteiger partial charge in [0.15, 0.2) is 18.9 Å². The summed E-state index contributed by atoms with van der Waals surface area (Å²) in [5, 5.41) is 118. The number of Topliss-reactive ketones (excluding diaryl/α,β-unsaturated/α-hetero) is 1. The smallest absolute Gasteiger partial charge is 0.187 e. The lowest BCUT2D eigenvalue weighted by Gasteiger charge is -2.70. The van der Waals surface area contributed by atoms with Crippen molar-refractivity contribution in [1.29, 1.82) is 0 Å². The summed E-state index contributed by atoms with van der Waals surface area (Å²) in [4.78, 5) is 14.6. The zero-order valence-electron chi connectivity index (χ0n) is 39.2. The van der Waals surface area contributed by atoms with Crippen LogP contribution in [0.4, 0.5) is 0 Å². The molecule has 11 N–H and O–H groups in total. The molecule has 23 atom stereocenters. The molecule has 18 nitrogen and oxygen atoms in total. The van der Waals surface area contributed by atoms with Gasteiger partial charge in [-0.15, -0.1) is 0 Å². The molecule has 18 heteroatoms. The number of ether oxygens (including phenoxy) is 6. The third-order valence-corrected chi connectivity index (χ3v) is 17.7. The van der Waals surface area contributed by atoms with E-state index in [9.17, 15) is 61.0 Å². The van der Waals surface area contributed by atoms with Crippen molar-refractivity contribution >= 4 is 5.78 Å². The second kappa shape index (κ2) is 18.5. The van der Waals surface area contributed by atoms with Crippen LogP contribution < -0.4 is 0 Å². The van der Waals surface area contributed by atoms with Gasteiger partial charge in [-0.1, -0.05) is 39.8 Å². The average molecular weight is 931 g/mol. The molecule has 4 saturated carbocycles. The number of fused-ring (bicyclic) bond motifs is 5. The number of rotatable bonds is 12. The van der Waals surface area contributed by atoms with Gasteiger partial charge in [0.05, 0.1) is 43.2 Å². The van der Waals surface area contributed by atoms with Crippen molar-refractivity contribution in [2.45, 2.75) is 210 Å². The van der Waals surface area contributed by atoms with E-state index in [4.69, 9.17) is 28.4 Å². The van der Waals surface area contributed by atoms with Crippen LogP contribution in [-0.2, 0) is 33.2 Å². The van der Waals surface area contributed by atoms with E-state index in [0.717, 1.165) is 6.42 Å². The fourth-order valence-corrected chi connectivity index (χ4v) is 14.2. The summed E-state index contributed by atoms with van der Waals surface area (Å²) in [6.45, 7) is 14.3. The van der Waals surface area contributed by atoms with Crippen LogP contribution in [0, 0.1) is 45.3 Å². The van der Waals surface area contributed by atoms with E-state index in [1.165, 1.54) is 6.92 Å². The second-order valence-corrected chi connectivity index (χ2v) is 22.7. The number of ketones is 1. The first kappa shape index (κ1) is 51.6. The topological polar surface area (TPSA) is 295 Å². The van der Waals surface area contributed by atoms with Gasteiger partial charge in [-0.25, -0.2) is 0 Å². The summed E-state index contributed by atoms with van der Waals surface area (Å²) in [6, 6.07) is 0. The van der Waals surface area contributed by atoms with Crippen LogP contribution in [0.2, 0.25) is 0 Å². The van der Waals surface area contributed by atoms with Gasteiger partial charge < -0.3 is 84.6 Å². The van der Waals surface area contributed by atoms with E-state index in [2.05, 4.69) is 27.7 Å². The van der Waals surface area contributed by atoms with Crippen LogP contribution in [0.15, 0.2) is 12.2 Å². The van der Waals surface area contributed by atoms with Gasteiger partial charge in [0.1, 0.15) is 66.8 Å². The quantitative estimate of drug-likeness (QED) is 0.0892. The van der Waals surface area contributed by atoms with Crippen LogP contribution >= 0.6 is 0 Å². The number of carbonyl (C=O) groups is 1. The molecule has 3 heterocycles. The predicted molar refractivity (Wildman–Crippen MR) is 228 cm³/mol. The van der Waals surface area contributed by atoms with Crippen LogP contribution in [0.3, 0.4) is 0 Å². The summed E-state index contributed by atoms with van der Waals surface area (Å²) < 4.78 is 36.8. The maximum absolute atomic E-state index is 14.6. The fraction of sp³-hybridized carbons (Fsp3) is 0.936. The van der Waals surface area contributed by atoms with Crippen LogP contribution in [0.1, 0.15) is 107 Å². The van der Waals surface area contributed by atoms with Gasteiger partial charge in [0.2, 0.25) is 0 Å². The van der Waals surface area contributed by atoms with Crippen molar-refractivity contribution in [3.63, 3.8) is 0 Å². The van der Waals surface area contributed by atoms with Crippen LogP contribution in [0.25, 0.3) is 0 Å². The Morgan fingerprint density at radius 2 is 1.42 bits per heavy atom. The Morgan fingerprint density at radius 3 is 2.08 bits per heavy atom. The molecule has 0 aromatic rings. The molecule has 4 aliphatic carbocycles. The number of carbonyl (C=O) groups excluding carboxylic acids is 1. The zero-order chi connectivity index (χ0) is 48.0. The molecular weight excluding hydrogens is 852 g/mol. The van der Waals surface area contributed by atoms with Crippen molar-refractivity contribution < 1.29 is 89.4 Å². The van der Waals surface area contributed by atoms with Crippen molar-refractivity contribution in [3.8, 4) is 0 Å². The monoisotopic (exact) mass is 931 g/mol. The molecule has 0 radical (unpaired) electrons. The average Bonchev–Trinajstić information content (AvgIpc) is 3.54. The van der Waals surface area contributed by atoms with Gasteiger partial charge in [-0.05, 0) is 107 Å². The second-order valence-electron chi connectivity index (χ2n) is 22.7. The Bertz CT molecular complexity index is 1700. The molecule has 65 heavy (non-hydrogen) atoms. The van der Waals surface area contributed by atoms with E-state index in [1.807, 2.05) is 0 Å². The van der Waals surface area contributed by atoms with Crippen molar-refractivity contribution in [1.82, 2.24) is 0 Å². The van der Waals surface area contributed by atoms with Gasteiger partial charge in [-0.2, -0.15) is 0 Å². The number of aliphatic hydroxyl groups excluding tert-OH is 9. The minimum atomic E-state index is -1.66. The first-order chi connectivity index (χ1) is 30.1. The summed E-state index contributed by atoms with van der Waals surface area (Å²) in [7, 11) is 0. The number of aliphatic hydroxyl groups is 11. The van der Waals surface area contributed by atoms with E-state index < -0.39 is 132 Å². The Kier molecular flexibility index (Phi) is 14.7. The molecular formula is C47H78O18. The summed E-state index contributed by atoms with van der Waals surface area (Å²) >= 11 is 0. The Balaban J connectivity index is 1.17. The standard InChI is InChI=1S/C47H78O18/c1-22-31(51)34(54)37(57)40(62-22)65-38-32(52)25(50)20-60-41(38)64-29-13-16-44(6)27(43(29,4)5)12-17-45(7)28(44)11-10-23-30(46(8,59)15-9-14-42(2,3)58)24(49)18-47(23,45)21-61-39-36(56)35(55)33(53)26(19-48)63-39/h9,14,22-23,25-41,48,50-59H,10-13,15-21H2,1-8H3/b14-9+. The lowest BCUT2D eigenvalue weighted by Crippen LogP contribution is -2.67. The molecule has 374 valence electrons. The van der Waals surface area contributed by atoms with E-state index in [-0.39, 0.29) is 55.0 Å². The zero-order valence-corrected chi connectivity index (χ0v) is 39.2. The molecule has 0 spiro atoms. The van der Waals surface area contributed by atoms with Crippen molar-refractivity contribution in [2.75, 3.05) is 19.8 Å². The highest BCUT2D eigenvalue weighted by Gasteiger charge is 2.73. The molecule has 0 aromatic carbocycles. The molecule has 3 aliphatic heterocycles. The lowest BCUT2D eigenvalue weighted by atomic mass is 9.35. The number of hydrogen-bond donors (Lipinski definition) is 11. The molecule has 0 bridgehead atoms. The minimum Gasteiger partial charge on any atom is -0.394 e. The van der Waals surface area contributed by atoms with Gasteiger partial charge in [-0.3, -0.25) is 4.79 Å². The largest absolute Gasteiger partial charge is 0.394 e. The molecule has 3 saturated heterocycles. The summed E-state index contributed by atoms with van der Waals surface area (Å²) in [5.41, 5.74) is -4.88. The van der Waals surface area contributed by atoms with Gasteiger partial charge in [0, 0.05) is 17.8 Å². The summed E-state index contributed by atoms with van der Waals surface area (Å²) in [5.74, 6) is -1.16. The van der Waals surface area contributed by atoms with E-state index >= 15 is 0 Å². The van der Waals surface area contributed by atoms with Crippen molar-refractivity contribution in [2.24, 2.45) is 45.3 Å². The highest BCUT2D eigenvalue weighted by molar-refractivity contribution is 5.86. The molecule has 7 rings (SSSR count). The van der Waals surface area contributed by atoms with E-state index in [1.54, 1.807) is 32.9 Å². The molecule has 23 unspecified atom stereocenters. The Labute approximate surface area is 381 Å². The first-order valence-corrected chi connectivity index (χ1v) is 23.7. The predicted octanol–water partition coefficient (Wildman–Crippen LogP) is -0.209. The van der Waals surface area contributed by atoms with Crippen LogP contribution in [-0.4, -0.2) is 185 Å². The Morgan fingerprint density at radius 1 is 0.754 bits per heavy atom. The number of hydrogen-bond acceptors (Lipinski definition) is 18. The SMILES string of the molecule is CC1OC(OC2C(OC3CCC4(C)C(CCC5(C)C4CCC4C(C(C)(O)C/C=C/C(C)(C)O)C(=O)CC45COC4OC(CO)C(O)C(O)C4O)C3(C)C)OCC(O)C2O)C(O)C(O)C1O. The minimum absolute atomic E-state index is 0.0305.